The quantitative estimate of drug-likeness (QED) is 0.739. The first kappa shape index (κ1) is 20.7. The number of sulfonamides is 1. The molecular formula is C18H19ClN2O5S. The van der Waals surface area contributed by atoms with Crippen LogP contribution in [0.25, 0.3) is 0 Å². The third-order valence-corrected chi connectivity index (χ3v) is 5.17. The van der Waals surface area contributed by atoms with Crippen LogP contribution in [0.5, 0.6) is 0 Å². The molecule has 0 saturated heterocycles. The van der Waals surface area contributed by atoms with Gasteiger partial charge in [0, 0.05) is 10.7 Å². The van der Waals surface area contributed by atoms with Crippen molar-refractivity contribution < 1.29 is 22.7 Å². The Labute approximate surface area is 162 Å². The zero-order valence-electron chi connectivity index (χ0n) is 15.0. The van der Waals surface area contributed by atoms with Gasteiger partial charge >= 0.3 is 5.97 Å². The summed E-state index contributed by atoms with van der Waals surface area (Å²) in [5.41, 5.74) is 1.50. The molecular weight excluding hydrogens is 392 g/mol. The zero-order valence-corrected chi connectivity index (χ0v) is 16.6. The van der Waals surface area contributed by atoms with E-state index in [0.29, 0.717) is 21.8 Å². The minimum absolute atomic E-state index is 0.278. The smallest absolute Gasteiger partial charge is 0.338 e. The van der Waals surface area contributed by atoms with Gasteiger partial charge in [0.15, 0.2) is 0 Å². The van der Waals surface area contributed by atoms with Crippen molar-refractivity contribution in [2.45, 2.75) is 6.92 Å². The predicted molar refractivity (Wildman–Crippen MR) is 105 cm³/mol. The van der Waals surface area contributed by atoms with E-state index >= 15 is 0 Å². The highest BCUT2D eigenvalue weighted by atomic mass is 35.5. The number of nitrogens with one attached hydrogen (secondary N) is 1. The Kier molecular flexibility index (Phi) is 6.45. The predicted octanol–water partition coefficient (Wildman–Crippen LogP) is 2.84. The van der Waals surface area contributed by atoms with Crippen LogP contribution in [-0.4, -0.2) is 40.2 Å². The lowest BCUT2D eigenvalue weighted by atomic mass is 10.1. The minimum atomic E-state index is -3.72. The summed E-state index contributed by atoms with van der Waals surface area (Å²) in [7, 11) is -2.45. The van der Waals surface area contributed by atoms with E-state index in [1.807, 2.05) is 0 Å². The standard InChI is InChI=1S/C18H19ClN2O5S/c1-12-15(18(23)26-2)8-5-9-16(12)20-17(22)11-21(27(3,24)25)14-7-4-6-13(19)10-14/h4-10H,11H2,1-3H3,(H,20,22). The highest BCUT2D eigenvalue weighted by molar-refractivity contribution is 7.92. The number of methoxy groups -OCH3 is 1. The Bertz CT molecular complexity index is 975. The van der Waals surface area contributed by atoms with E-state index < -0.39 is 28.4 Å². The van der Waals surface area contributed by atoms with Gasteiger partial charge in [-0.3, -0.25) is 9.10 Å². The number of amides is 1. The van der Waals surface area contributed by atoms with Gasteiger partial charge in [-0.1, -0.05) is 23.7 Å². The van der Waals surface area contributed by atoms with Crippen molar-refractivity contribution in [3.8, 4) is 0 Å². The Morgan fingerprint density at radius 3 is 2.44 bits per heavy atom. The van der Waals surface area contributed by atoms with Crippen molar-refractivity contribution in [1.29, 1.82) is 0 Å². The van der Waals surface area contributed by atoms with Crippen LogP contribution >= 0.6 is 11.6 Å². The van der Waals surface area contributed by atoms with E-state index in [4.69, 9.17) is 16.3 Å². The van der Waals surface area contributed by atoms with Gasteiger partial charge in [0.05, 0.1) is 24.6 Å². The maximum atomic E-state index is 12.5. The number of anilines is 2. The largest absolute Gasteiger partial charge is 0.465 e. The molecule has 27 heavy (non-hydrogen) atoms. The van der Waals surface area contributed by atoms with Crippen LogP contribution in [0.15, 0.2) is 42.5 Å². The van der Waals surface area contributed by atoms with Crippen molar-refractivity contribution in [2.75, 3.05) is 29.5 Å². The molecule has 2 aromatic carbocycles. The Hall–Kier alpha value is -2.58. The molecule has 2 rings (SSSR count). The topological polar surface area (TPSA) is 92.8 Å². The lowest BCUT2D eigenvalue weighted by molar-refractivity contribution is -0.114. The molecule has 0 aliphatic rings. The van der Waals surface area contributed by atoms with E-state index in [-0.39, 0.29) is 5.69 Å². The first-order chi connectivity index (χ1) is 12.6. The molecule has 0 radical (unpaired) electrons. The van der Waals surface area contributed by atoms with Crippen LogP contribution in [0.2, 0.25) is 5.02 Å². The summed E-state index contributed by atoms with van der Waals surface area (Å²) in [6.07, 6.45) is 1.00. The van der Waals surface area contributed by atoms with E-state index in [9.17, 15) is 18.0 Å². The first-order valence-electron chi connectivity index (χ1n) is 7.84. The van der Waals surface area contributed by atoms with Gasteiger partial charge < -0.3 is 10.1 Å². The van der Waals surface area contributed by atoms with Crippen molar-refractivity contribution in [1.82, 2.24) is 0 Å². The van der Waals surface area contributed by atoms with Crippen LogP contribution in [0.4, 0.5) is 11.4 Å². The van der Waals surface area contributed by atoms with Crippen LogP contribution in [0.3, 0.4) is 0 Å². The molecule has 1 N–H and O–H groups in total. The van der Waals surface area contributed by atoms with Gasteiger partial charge in [-0.25, -0.2) is 13.2 Å². The monoisotopic (exact) mass is 410 g/mol. The molecule has 7 nitrogen and oxygen atoms in total. The summed E-state index contributed by atoms with van der Waals surface area (Å²) in [5, 5.41) is 2.98. The highest BCUT2D eigenvalue weighted by Crippen LogP contribution is 2.23. The molecule has 9 heteroatoms. The molecule has 0 aliphatic heterocycles. The molecule has 1 amide bonds. The second-order valence-corrected chi connectivity index (χ2v) is 8.11. The number of nitrogens with zero attached hydrogens (tertiary/aromatic N) is 1. The lowest BCUT2D eigenvalue weighted by Crippen LogP contribution is -2.37. The molecule has 0 unspecified atom stereocenters. The summed E-state index contributed by atoms with van der Waals surface area (Å²) in [5.74, 6) is -1.09. The van der Waals surface area contributed by atoms with Crippen LogP contribution in [0, 0.1) is 6.92 Å². The SMILES string of the molecule is COC(=O)c1cccc(NC(=O)CN(c2cccc(Cl)c2)S(C)(=O)=O)c1C. The van der Waals surface area contributed by atoms with E-state index in [1.54, 1.807) is 43.3 Å². The van der Waals surface area contributed by atoms with E-state index in [0.717, 1.165) is 10.6 Å². The van der Waals surface area contributed by atoms with E-state index in [1.165, 1.54) is 13.2 Å². The summed E-state index contributed by atoms with van der Waals surface area (Å²) >= 11 is 5.92. The Morgan fingerprint density at radius 2 is 1.85 bits per heavy atom. The number of carbonyl (C=O) groups excluding carboxylic acids is 2. The Balaban J connectivity index is 2.26. The zero-order chi connectivity index (χ0) is 20.2. The minimum Gasteiger partial charge on any atom is -0.465 e. The van der Waals surface area contributed by atoms with Gasteiger partial charge in [0.2, 0.25) is 15.9 Å². The van der Waals surface area contributed by atoms with Crippen molar-refractivity contribution in [2.24, 2.45) is 0 Å². The lowest BCUT2D eigenvalue weighted by Gasteiger charge is -2.22. The van der Waals surface area contributed by atoms with Crippen molar-refractivity contribution >= 4 is 44.9 Å². The fourth-order valence-corrected chi connectivity index (χ4v) is 3.49. The number of hydrogen-bond acceptors (Lipinski definition) is 5. The number of esters is 1. The molecule has 0 fully saturated rings. The summed E-state index contributed by atoms with van der Waals surface area (Å²) in [4.78, 5) is 24.2. The number of hydrogen-bond donors (Lipinski definition) is 1. The molecule has 144 valence electrons. The highest BCUT2D eigenvalue weighted by Gasteiger charge is 2.22. The fraction of sp³-hybridized carbons (Fsp3) is 0.222. The van der Waals surface area contributed by atoms with Gasteiger partial charge in [-0.2, -0.15) is 0 Å². The van der Waals surface area contributed by atoms with Gasteiger partial charge in [-0.15, -0.1) is 0 Å². The Morgan fingerprint density at radius 1 is 1.19 bits per heavy atom. The van der Waals surface area contributed by atoms with Gasteiger partial charge in [-0.05, 0) is 42.8 Å². The molecule has 2 aromatic rings. The van der Waals surface area contributed by atoms with Crippen molar-refractivity contribution in [3.05, 3.63) is 58.6 Å². The van der Waals surface area contributed by atoms with Crippen LogP contribution < -0.4 is 9.62 Å². The molecule has 0 aliphatic carbocycles. The first-order valence-corrected chi connectivity index (χ1v) is 10.1. The molecule has 0 spiro atoms. The van der Waals surface area contributed by atoms with E-state index in [2.05, 4.69) is 5.32 Å². The molecule has 0 heterocycles. The second-order valence-electron chi connectivity index (χ2n) is 5.77. The normalized spacial score (nSPS) is 11.0. The van der Waals surface area contributed by atoms with Crippen molar-refractivity contribution in [3.63, 3.8) is 0 Å². The summed E-state index contributed by atoms with van der Waals surface area (Å²) < 4.78 is 29.9. The molecule has 0 saturated carbocycles. The fourth-order valence-electron chi connectivity index (χ4n) is 2.45. The average molecular weight is 411 g/mol. The van der Waals surface area contributed by atoms with Crippen LogP contribution in [-0.2, 0) is 19.6 Å². The third-order valence-electron chi connectivity index (χ3n) is 3.80. The second kappa shape index (κ2) is 8.41. The molecule has 0 atom stereocenters. The maximum Gasteiger partial charge on any atom is 0.338 e. The summed E-state index contributed by atoms with van der Waals surface area (Å²) in [6.45, 7) is 1.22. The average Bonchev–Trinajstić information content (AvgIpc) is 2.60. The number of halogens is 1. The number of benzene rings is 2. The number of ether oxygens (including phenoxy) is 1. The van der Waals surface area contributed by atoms with Gasteiger partial charge in [0.1, 0.15) is 6.54 Å². The number of rotatable bonds is 6. The third kappa shape index (κ3) is 5.21. The maximum absolute atomic E-state index is 12.5. The number of carbonyl (C=O) groups is 2. The summed E-state index contributed by atoms with van der Waals surface area (Å²) in [6, 6.07) is 11.0. The molecule has 0 aromatic heterocycles. The van der Waals surface area contributed by atoms with Gasteiger partial charge in [0.25, 0.3) is 0 Å². The van der Waals surface area contributed by atoms with Crippen LogP contribution in [0.1, 0.15) is 15.9 Å². The molecule has 0 bridgehead atoms.